The van der Waals surface area contributed by atoms with Gasteiger partial charge in [0.15, 0.2) is 5.75 Å². The van der Waals surface area contributed by atoms with E-state index in [1.165, 1.54) is 0 Å². The molecule has 0 aliphatic heterocycles. The molecule has 1 rings (SSSR count). The Labute approximate surface area is 78.0 Å². The van der Waals surface area contributed by atoms with Gasteiger partial charge in [0.1, 0.15) is 4.90 Å². The lowest BCUT2D eigenvalue weighted by atomic mass is 10.3. The molecule has 1 aromatic carbocycles. The molecular weight excluding hydrogens is 217 g/mol. The Morgan fingerprint density at radius 3 is 2.36 bits per heavy atom. The van der Waals surface area contributed by atoms with E-state index >= 15 is 0 Å². The van der Waals surface area contributed by atoms with Crippen LogP contribution in [0.4, 0.5) is 9.57 Å². The zero-order chi connectivity index (χ0) is 10.9. The molecule has 0 amide bonds. The molecule has 1 N–H and O–H groups in total. The van der Waals surface area contributed by atoms with Crippen LogP contribution < -0.4 is 0 Å². The van der Waals surface area contributed by atoms with Crippen LogP contribution in [-0.2, 0) is 10.2 Å². The molecule has 14 heavy (non-hydrogen) atoms. The van der Waals surface area contributed by atoms with Gasteiger partial charge >= 0.3 is 15.9 Å². The second-order valence-corrected chi connectivity index (χ2v) is 3.69. The van der Waals surface area contributed by atoms with Gasteiger partial charge in [-0.05, 0) is 6.07 Å². The first-order valence-electron chi connectivity index (χ1n) is 3.24. The third kappa shape index (κ3) is 1.96. The first-order valence-corrected chi connectivity index (χ1v) is 4.63. The zero-order valence-corrected chi connectivity index (χ0v) is 7.36. The van der Waals surface area contributed by atoms with E-state index in [1.54, 1.807) is 0 Å². The van der Waals surface area contributed by atoms with Gasteiger partial charge in [0.05, 0.1) is 4.92 Å². The Morgan fingerprint density at radius 1 is 1.43 bits per heavy atom. The van der Waals surface area contributed by atoms with Crippen molar-refractivity contribution in [3.05, 3.63) is 28.3 Å². The standard InChI is InChI=1S/C6H4FNO5S/c7-14(12,13)4-1-2-5(8(10)11)6(9)3-4/h1-3,9H. The second kappa shape index (κ2) is 3.22. The molecule has 0 spiro atoms. The fraction of sp³-hybridized carbons (Fsp3) is 0. The monoisotopic (exact) mass is 221 g/mol. The Kier molecular flexibility index (Phi) is 2.39. The van der Waals surface area contributed by atoms with Gasteiger partial charge in [-0.15, -0.1) is 3.89 Å². The topological polar surface area (TPSA) is 97.5 Å². The highest BCUT2D eigenvalue weighted by atomic mass is 32.3. The lowest BCUT2D eigenvalue weighted by Gasteiger charge is -1.97. The van der Waals surface area contributed by atoms with Crippen molar-refractivity contribution in [2.75, 3.05) is 0 Å². The fourth-order valence-corrected chi connectivity index (χ4v) is 1.29. The minimum atomic E-state index is -4.95. The van der Waals surface area contributed by atoms with Crippen LogP contribution in [0.1, 0.15) is 0 Å². The molecular formula is C6H4FNO5S. The Morgan fingerprint density at radius 2 is 2.00 bits per heavy atom. The Balaban J connectivity index is 3.34. The van der Waals surface area contributed by atoms with Crippen LogP contribution in [0.25, 0.3) is 0 Å². The van der Waals surface area contributed by atoms with E-state index < -0.39 is 31.5 Å². The predicted molar refractivity (Wildman–Crippen MR) is 43.1 cm³/mol. The maximum absolute atomic E-state index is 12.3. The van der Waals surface area contributed by atoms with E-state index in [9.17, 15) is 22.4 Å². The number of nitro groups is 1. The largest absolute Gasteiger partial charge is 0.502 e. The molecule has 6 nitrogen and oxygen atoms in total. The van der Waals surface area contributed by atoms with Crippen LogP contribution in [-0.4, -0.2) is 18.4 Å². The van der Waals surface area contributed by atoms with Crippen molar-refractivity contribution in [1.82, 2.24) is 0 Å². The van der Waals surface area contributed by atoms with Gasteiger partial charge in [-0.3, -0.25) is 10.1 Å². The summed E-state index contributed by atoms with van der Waals surface area (Å²) < 4.78 is 33.0. The second-order valence-electron chi connectivity index (χ2n) is 2.35. The molecule has 0 saturated carbocycles. The van der Waals surface area contributed by atoms with E-state index in [2.05, 4.69) is 0 Å². The molecule has 0 saturated heterocycles. The molecule has 0 fully saturated rings. The number of nitrogens with zero attached hydrogens (tertiary/aromatic N) is 1. The van der Waals surface area contributed by atoms with Gasteiger partial charge in [0.2, 0.25) is 0 Å². The number of halogens is 1. The van der Waals surface area contributed by atoms with Crippen LogP contribution >= 0.6 is 0 Å². The lowest BCUT2D eigenvalue weighted by Crippen LogP contribution is -1.94. The molecule has 8 heteroatoms. The van der Waals surface area contributed by atoms with E-state index in [0.717, 1.165) is 0 Å². The summed E-state index contributed by atoms with van der Waals surface area (Å²) in [7, 11) is -4.95. The summed E-state index contributed by atoms with van der Waals surface area (Å²) in [5.41, 5.74) is -0.683. The van der Waals surface area contributed by atoms with Crippen molar-refractivity contribution in [2.24, 2.45) is 0 Å². The third-order valence-corrected chi connectivity index (χ3v) is 2.24. The molecule has 0 heterocycles. The van der Waals surface area contributed by atoms with Crippen molar-refractivity contribution in [3.8, 4) is 5.75 Å². The number of rotatable bonds is 2. The normalized spacial score (nSPS) is 11.2. The highest BCUT2D eigenvalue weighted by molar-refractivity contribution is 7.86. The van der Waals surface area contributed by atoms with Crippen LogP contribution in [0, 0.1) is 10.1 Å². The zero-order valence-electron chi connectivity index (χ0n) is 6.55. The first kappa shape index (κ1) is 10.4. The molecule has 0 aromatic heterocycles. The van der Waals surface area contributed by atoms with Crippen molar-refractivity contribution in [2.45, 2.75) is 4.90 Å². The highest BCUT2D eigenvalue weighted by Crippen LogP contribution is 2.28. The number of phenolic OH excluding ortho intramolecular Hbond substituents is 1. The van der Waals surface area contributed by atoms with Crippen molar-refractivity contribution < 1.29 is 22.3 Å². The maximum atomic E-state index is 12.3. The third-order valence-electron chi connectivity index (χ3n) is 1.43. The van der Waals surface area contributed by atoms with Crippen molar-refractivity contribution in [1.29, 1.82) is 0 Å². The van der Waals surface area contributed by atoms with Gasteiger partial charge in [-0.2, -0.15) is 8.42 Å². The fourth-order valence-electron chi connectivity index (χ4n) is 0.809. The highest BCUT2D eigenvalue weighted by Gasteiger charge is 2.18. The Hall–Kier alpha value is -1.70. The quantitative estimate of drug-likeness (QED) is 0.455. The minimum Gasteiger partial charge on any atom is -0.502 e. The van der Waals surface area contributed by atoms with Gasteiger partial charge in [0, 0.05) is 12.1 Å². The summed E-state index contributed by atoms with van der Waals surface area (Å²) in [6, 6.07) is 1.89. The number of hydrogen-bond donors (Lipinski definition) is 1. The average molecular weight is 221 g/mol. The van der Waals surface area contributed by atoms with E-state index in [0.29, 0.717) is 18.2 Å². The number of phenols is 1. The van der Waals surface area contributed by atoms with Gasteiger partial charge < -0.3 is 5.11 Å². The predicted octanol–water partition coefficient (Wildman–Crippen LogP) is 0.959. The summed E-state index contributed by atoms with van der Waals surface area (Å²) in [5, 5.41) is 19.1. The molecule has 0 aliphatic rings. The van der Waals surface area contributed by atoms with Crippen LogP contribution in [0.5, 0.6) is 5.75 Å². The number of aromatic hydroxyl groups is 1. The minimum absolute atomic E-state index is 0.480. The number of hydrogen-bond acceptors (Lipinski definition) is 5. The van der Waals surface area contributed by atoms with Crippen LogP contribution in [0.15, 0.2) is 23.1 Å². The van der Waals surface area contributed by atoms with Crippen LogP contribution in [0.3, 0.4) is 0 Å². The molecule has 0 atom stereocenters. The summed E-state index contributed by atoms with van der Waals surface area (Å²) in [6.45, 7) is 0. The first-order chi connectivity index (χ1) is 6.32. The lowest BCUT2D eigenvalue weighted by molar-refractivity contribution is -0.385. The van der Waals surface area contributed by atoms with Crippen LogP contribution in [0.2, 0.25) is 0 Å². The van der Waals surface area contributed by atoms with E-state index in [-0.39, 0.29) is 0 Å². The molecule has 0 aliphatic carbocycles. The molecule has 0 radical (unpaired) electrons. The summed E-state index contributed by atoms with van der Waals surface area (Å²) in [4.78, 5) is 8.45. The molecule has 1 aromatic rings. The summed E-state index contributed by atoms with van der Waals surface area (Å²) >= 11 is 0. The van der Waals surface area contributed by atoms with Crippen molar-refractivity contribution in [3.63, 3.8) is 0 Å². The van der Waals surface area contributed by atoms with E-state index in [1.807, 2.05) is 0 Å². The van der Waals surface area contributed by atoms with Gasteiger partial charge in [-0.1, -0.05) is 0 Å². The molecule has 76 valence electrons. The molecule has 0 bridgehead atoms. The number of benzene rings is 1. The average Bonchev–Trinajstić information content (AvgIpc) is 2.01. The SMILES string of the molecule is O=[N+]([O-])c1ccc(S(=O)(=O)F)cc1O. The summed E-state index contributed by atoms with van der Waals surface area (Å²) in [5.74, 6) is -0.895. The number of nitro benzene ring substituents is 1. The van der Waals surface area contributed by atoms with E-state index in [4.69, 9.17) is 5.11 Å². The van der Waals surface area contributed by atoms with Crippen molar-refractivity contribution >= 4 is 15.9 Å². The van der Waals surface area contributed by atoms with Gasteiger partial charge in [0.25, 0.3) is 0 Å². The molecule has 0 unspecified atom stereocenters. The smallest absolute Gasteiger partial charge is 0.332 e. The van der Waals surface area contributed by atoms with Gasteiger partial charge in [-0.25, -0.2) is 0 Å². The summed E-state index contributed by atoms with van der Waals surface area (Å²) in [6.07, 6.45) is 0. The maximum Gasteiger partial charge on any atom is 0.332 e. The Bertz CT molecular complexity index is 483.